The maximum atomic E-state index is 13.0. The van der Waals surface area contributed by atoms with Gasteiger partial charge in [-0.3, -0.25) is 9.59 Å². The molecule has 0 aliphatic carbocycles. The van der Waals surface area contributed by atoms with Crippen molar-refractivity contribution >= 4 is 22.9 Å². The number of amides is 1. The van der Waals surface area contributed by atoms with Gasteiger partial charge in [-0.25, -0.2) is 9.67 Å². The molecule has 146 valence electrons. The van der Waals surface area contributed by atoms with Crippen LogP contribution in [0.5, 0.6) is 0 Å². The Morgan fingerprint density at radius 2 is 1.93 bits per heavy atom. The minimum Gasteiger partial charge on any atom is -0.469 e. The average molecular weight is 380 g/mol. The lowest BCUT2D eigenvalue weighted by atomic mass is 10.0. The van der Waals surface area contributed by atoms with E-state index < -0.39 is 12.0 Å². The standard InChI is InChI=1S/C21H24N4O3/c1-13(2)25-20-16(12-22-25)10-17(14(3)23-20)21(27)24-18(11-19(26)28-4)15-8-6-5-7-9-15/h5-10,12-13,18H,11H2,1-4H3,(H,24,27)/t18-/m0/s1. The summed E-state index contributed by atoms with van der Waals surface area (Å²) in [7, 11) is 1.33. The summed E-state index contributed by atoms with van der Waals surface area (Å²) < 4.78 is 6.61. The van der Waals surface area contributed by atoms with Gasteiger partial charge in [-0.1, -0.05) is 30.3 Å². The molecule has 0 aliphatic rings. The van der Waals surface area contributed by atoms with Gasteiger partial charge in [-0.05, 0) is 32.4 Å². The van der Waals surface area contributed by atoms with Crippen molar-refractivity contribution in [2.24, 2.45) is 0 Å². The van der Waals surface area contributed by atoms with E-state index in [0.29, 0.717) is 11.3 Å². The molecule has 3 rings (SSSR count). The number of nitrogens with one attached hydrogen (secondary N) is 1. The van der Waals surface area contributed by atoms with Crippen LogP contribution in [0.2, 0.25) is 0 Å². The van der Waals surface area contributed by atoms with Crippen LogP contribution in [-0.2, 0) is 9.53 Å². The first-order valence-corrected chi connectivity index (χ1v) is 9.18. The second-order valence-electron chi connectivity index (χ2n) is 6.93. The number of hydrogen-bond acceptors (Lipinski definition) is 5. The van der Waals surface area contributed by atoms with E-state index >= 15 is 0 Å². The third-order valence-electron chi connectivity index (χ3n) is 4.60. The quantitative estimate of drug-likeness (QED) is 0.663. The van der Waals surface area contributed by atoms with Crippen molar-refractivity contribution in [1.82, 2.24) is 20.1 Å². The number of benzene rings is 1. The second kappa shape index (κ2) is 8.21. The summed E-state index contributed by atoms with van der Waals surface area (Å²) in [5.41, 5.74) is 2.65. The predicted molar refractivity (Wildman–Crippen MR) is 106 cm³/mol. The molecule has 3 aromatic rings. The van der Waals surface area contributed by atoms with Crippen molar-refractivity contribution in [3.63, 3.8) is 0 Å². The Morgan fingerprint density at radius 3 is 2.57 bits per heavy atom. The van der Waals surface area contributed by atoms with Crippen LogP contribution in [0.25, 0.3) is 11.0 Å². The van der Waals surface area contributed by atoms with Crippen molar-refractivity contribution in [3.05, 3.63) is 59.4 Å². The Labute approximate surface area is 163 Å². The van der Waals surface area contributed by atoms with Crippen LogP contribution in [0.3, 0.4) is 0 Å². The Balaban J connectivity index is 1.91. The number of methoxy groups -OCH3 is 1. The van der Waals surface area contributed by atoms with E-state index in [1.807, 2.05) is 48.9 Å². The summed E-state index contributed by atoms with van der Waals surface area (Å²) >= 11 is 0. The van der Waals surface area contributed by atoms with E-state index in [-0.39, 0.29) is 18.4 Å². The molecule has 2 aromatic heterocycles. The minimum absolute atomic E-state index is 0.0479. The zero-order chi connectivity index (χ0) is 20.3. The van der Waals surface area contributed by atoms with Crippen LogP contribution in [0.4, 0.5) is 0 Å². The molecule has 28 heavy (non-hydrogen) atoms. The van der Waals surface area contributed by atoms with Crippen LogP contribution in [-0.4, -0.2) is 33.8 Å². The molecule has 1 atom stereocenters. The highest BCUT2D eigenvalue weighted by molar-refractivity contribution is 5.98. The van der Waals surface area contributed by atoms with Crippen molar-refractivity contribution in [1.29, 1.82) is 0 Å². The molecule has 7 nitrogen and oxygen atoms in total. The number of aromatic nitrogens is 3. The van der Waals surface area contributed by atoms with Gasteiger partial charge in [0.25, 0.3) is 5.91 Å². The Kier molecular flexibility index (Phi) is 5.73. The third kappa shape index (κ3) is 4.03. The van der Waals surface area contributed by atoms with E-state index in [1.54, 1.807) is 19.2 Å². The minimum atomic E-state index is -0.491. The molecule has 7 heteroatoms. The van der Waals surface area contributed by atoms with Gasteiger partial charge in [0.05, 0.1) is 37.0 Å². The number of fused-ring (bicyclic) bond motifs is 1. The molecular formula is C21H24N4O3. The summed E-state index contributed by atoms with van der Waals surface area (Å²) in [6.45, 7) is 5.85. The molecule has 2 heterocycles. The maximum Gasteiger partial charge on any atom is 0.307 e. The highest BCUT2D eigenvalue weighted by atomic mass is 16.5. The fourth-order valence-corrected chi connectivity index (χ4v) is 3.10. The molecule has 0 aliphatic heterocycles. The maximum absolute atomic E-state index is 13.0. The number of rotatable bonds is 6. The molecule has 0 spiro atoms. The number of hydrogen-bond donors (Lipinski definition) is 1. The SMILES string of the molecule is COC(=O)C[C@H](NC(=O)c1cc2cnn(C(C)C)c2nc1C)c1ccccc1. The summed E-state index contributed by atoms with van der Waals surface area (Å²) in [6, 6.07) is 10.8. The molecule has 0 unspecified atom stereocenters. The molecule has 1 amide bonds. The number of aryl methyl sites for hydroxylation is 1. The van der Waals surface area contributed by atoms with E-state index in [9.17, 15) is 9.59 Å². The van der Waals surface area contributed by atoms with E-state index in [4.69, 9.17) is 4.74 Å². The zero-order valence-electron chi connectivity index (χ0n) is 16.5. The summed E-state index contributed by atoms with van der Waals surface area (Å²) in [4.78, 5) is 29.4. The Bertz CT molecular complexity index is 996. The molecule has 0 bridgehead atoms. The summed E-state index contributed by atoms with van der Waals surface area (Å²) in [6.07, 6.45) is 1.76. The first-order chi connectivity index (χ1) is 13.4. The van der Waals surface area contributed by atoms with E-state index in [1.165, 1.54) is 7.11 Å². The van der Waals surface area contributed by atoms with Crippen molar-refractivity contribution in [2.75, 3.05) is 7.11 Å². The summed E-state index contributed by atoms with van der Waals surface area (Å²) in [5.74, 6) is -0.681. The van der Waals surface area contributed by atoms with Gasteiger partial charge < -0.3 is 10.1 Å². The van der Waals surface area contributed by atoms with Crippen LogP contribution in [0, 0.1) is 6.92 Å². The molecular weight excluding hydrogens is 356 g/mol. The molecule has 0 radical (unpaired) electrons. The normalized spacial score (nSPS) is 12.2. The van der Waals surface area contributed by atoms with Gasteiger partial charge in [0.2, 0.25) is 0 Å². The van der Waals surface area contributed by atoms with Crippen LogP contribution < -0.4 is 5.32 Å². The largest absolute Gasteiger partial charge is 0.469 e. The molecule has 0 fully saturated rings. The van der Waals surface area contributed by atoms with Crippen molar-refractivity contribution in [3.8, 4) is 0 Å². The lowest BCUT2D eigenvalue weighted by molar-refractivity contribution is -0.141. The molecule has 1 aromatic carbocycles. The highest BCUT2D eigenvalue weighted by Crippen LogP contribution is 2.22. The first kappa shape index (κ1) is 19.5. The van der Waals surface area contributed by atoms with Gasteiger partial charge in [0.1, 0.15) is 0 Å². The predicted octanol–water partition coefficient (Wildman–Crippen LogP) is 3.35. The van der Waals surface area contributed by atoms with Crippen LogP contribution in [0.15, 0.2) is 42.6 Å². The van der Waals surface area contributed by atoms with E-state index in [0.717, 1.165) is 16.6 Å². The Hall–Kier alpha value is -3.22. The number of pyridine rings is 1. The highest BCUT2D eigenvalue weighted by Gasteiger charge is 2.22. The number of esters is 1. The topological polar surface area (TPSA) is 86.1 Å². The lowest BCUT2D eigenvalue weighted by Crippen LogP contribution is -2.31. The molecule has 0 saturated carbocycles. The average Bonchev–Trinajstić information content (AvgIpc) is 3.10. The number of carbonyl (C=O) groups excluding carboxylic acids is 2. The zero-order valence-corrected chi connectivity index (χ0v) is 16.5. The Morgan fingerprint density at radius 1 is 1.21 bits per heavy atom. The fourth-order valence-electron chi connectivity index (χ4n) is 3.10. The molecule has 1 N–H and O–H groups in total. The van der Waals surface area contributed by atoms with Crippen molar-refractivity contribution < 1.29 is 14.3 Å². The second-order valence-corrected chi connectivity index (χ2v) is 6.93. The van der Waals surface area contributed by atoms with Crippen LogP contribution >= 0.6 is 0 Å². The van der Waals surface area contributed by atoms with Crippen molar-refractivity contribution in [2.45, 2.75) is 39.3 Å². The summed E-state index contributed by atoms with van der Waals surface area (Å²) in [5, 5.41) is 8.10. The third-order valence-corrected chi connectivity index (χ3v) is 4.60. The smallest absolute Gasteiger partial charge is 0.307 e. The van der Waals surface area contributed by atoms with Gasteiger partial charge >= 0.3 is 5.97 Å². The number of carbonyl (C=O) groups is 2. The first-order valence-electron chi connectivity index (χ1n) is 9.18. The van der Waals surface area contributed by atoms with Gasteiger partial charge in [-0.15, -0.1) is 0 Å². The molecule has 0 saturated heterocycles. The fraction of sp³-hybridized carbons (Fsp3) is 0.333. The lowest BCUT2D eigenvalue weighted by Gasteiger charge is -2.19. The van der Waals surface area contributed by atoms with Gasteiger partial charge in [0.15, 0.2) is 5.65 Å². The number of ether oxygens (including phenoxy) is 1. The number of nitrogens with zero attached hydrogens (tertiary/aromatic N) is 3. The van der Waals surface area contributed by atoms with Gasteiger partial charge in [0, 0.05) is 11.4 Å². The van der Waals surface area contributed by atoms with E-state index in [2.05, 4.69) is 15.4 Å². The van der Waals surface area contributed by atoms with Gasteiger partial charge in [-0.2, -0.15) is 5.10 Å². The monoisotopic (exact) mass is 380 g/mol. The van der Waals surface area contributed by atoms with Crippen LogP contribution in [0.1, 0.15) is 54.0 Å².